The Labute approximate surface area is 98.7 Å². The van der Waals surface area contributed by atoms with Crippen molar-refractivity contribution in [3.05, 3.63) is 35.9 Å². The Hall–Kier alpha value is -0.860. The van der Waals surface area contributed by atoms with Gasteiger partial charge in [0.2, 0.25) is 0 Å². The summed E-state index contributed by atoms with van der Waals surface area (Å²) >= 11 is 0. The first-order valence-electron chi connectivity index (χ1n) is 6.22. The van der Waals surface area contributed by atoms with E-state index in [1.807, 2.05) is 0 Å². The van der Waals surface area contributed by atoms with E-state index in [4.69, 9.17) is 0 Å². The molecule has 1 fully saturated rings. The largest absolute Gasteiger partial charge is 0.296 e. The van der Waals surface area contributed by atoms with Crippen molar-refractivity contribution in [3.8, 4) is 0 Å². The Morgan fingerprint density at radius 1 is 1.25 bits per heavy atom. The van der Waals surface area contributed by atoms with E-state index in [0.717, 1.165) is 6.54 Å². The summed E-state index contributed by atoms with van der Waals surface area (Å²) in [5, 5.41) is 3.67. The van der Waals surface area contributed by atoms with Gasteiger partial charge in [-0.15, -0.1) is 0 Å². The number of benzene rings is 1. The molecule has 1 atom stereocenters. The molecule has 0 amide bonds. The van der Waals surface area contributed by atoms with E-state index in [1.54, 1.807) is 0 Å². The first kappa shape index (κ1) is 11.6. The minimum Gasteiger partial charge on any atom is -0.296 e. The van der Waals surface area contributed by atoms with Gasteiger partial charge in [0.05, 0.1) is 5.66 Å². The summed E-state index contributed by atoms with van der Waals surface area (Å²) < 4.78 is 0. The molecule has 1 N–H and O–H groups in total. The van der Waals surface area contributed by atoms with Gasteiger partial charge in [0.25, 0.3) is 0 Å². The maximum Gasteiger partial charge on any atom is 0.0948 e. The molecule has 2 nitrogen and oxygen atoms in total. The van der Waals surface area contributed by atoms with Crippen molar-refractivity contribution in [2.24, 2.45) is 0 Å². The predicted octanol–water partition coefficient (Wildman–Crippen LogP) is 2.56. The number of hydrogen-bond donors (Lipinski definition) is 1. The summed E-state index contributed by atoms with van der Waals surface area (Å²) in [7, 11) is 0. The van der Waals surface area contributed by atoms with Gasteiger partial charge < -0.3 is 0 Å². The molecule has 0 aromatic heterocycles. The van der Waals surface area contributed by atoms with Gasteiger partial charge in [-0.05, 0) is 39.3 Å². The van der Waals surface area contributed by atoms with Gasteiger partial charge in [0.15, 0.2) is 0 Å². The van der Waals surface area contributed by atoms with Gasteiger partial charge in [0.1, 0.15) is 0 Å². The van der Waals surface area contributed by atoms with Crippen LogP contribution in [0.4, 0.5) is 0 Å². The average molecular weight is 218 g/mol. The molecule has 0 aliphatic carbocycles. The first-order valence-corrected chi connectivity index (χ1v) is 6.22. The van der Waals surface area contributed by atoms with Gasteiger partial charge in [0, 0.05) is 12.6 Å². The second-order valence-corrected chi connectivity index (χ2v) is 5.01. The second kappa shape index (κ2) is 4.56. The minimum atomic E-state index is -0.00627. The van der Waals surface area contributed by atoms with Crippen molar-refractivity contribution >= 4 is 0 Å². The Morgan fingerprint density at radius 2 is 1.94 bits per heavy atom. The van der Waals surface area contributed by atoms with E-state index >= 15 is 0 Å². The van der Waals surface area contributed by atoms with Crippen LogP contribution >= 0.6 is 0 Å². The summed E-state index contributed by atoms with van der Waals surface area (Å²) in [6.07, 6.45) is 1.24. The molecular formula is C14H22N2. The minimum absolute atomic E-state index is 0.00627. The van der Waals surface area contributed by atoms with Crippen molar-refractivity contribution in [2.75, 3.05) is 13.1 Å². The van der Waals surface area contributed by atoms with Crippen LogP contribution in [0.25, 0.3) is 0 Å². The monoisotopic (exact) mass is 218 g/mol. The van der Waals surface area contributed by atoms with Crippen LogP contribution in [-0.4, -0.2) is 24.0 Å². The molecule has 1 unspecified atom stereocenters. The van der Waals surface area contributed by atoms with E-state index in [0.29, 0.717) is 6.04 Å². The molecule has 0 bridgehead atoms. The number of nitrogens with one attached hydrogen (secondary N) is 1. The zero-order valence-electron chi connectivity index (χ0n) is 10.5. The summed E-state index contributed by atoms with van der Waals surface area (Å²) in [6, 6.07) is 11.3. The molecule has 1 heterocycles. The number of hydrogen-bond acceptors (Lipinski definition) is 2. The molecule has 0 spiro atoms. The van der Waals surface area contributed by atoms with Crippen LogP contribution < -0.4 is 5.32 Å². The van der Waals surface area contributed by atoms with Crippen molar-refractivity contribution in [1.29, 1.82) is 0 Å². The zero-order chi connectivity index (χ0) is 11.6. The fourth-order valence-corrected chi connectivity index (χ4v) is 2.71. The summed E-state index contributed by atoms with van der Waals surface area (Å²) in [4.78, 5) is 2.55. The molecule has 1 aromatic carbocycles. The van der Waals surface area contributed by atoms with Gasteiger partial charge in [-0.2, -0.15) is 0 Å². The molecule has 1 aliphatic heterocycles. The van der Waals surface area contributed by atoms with Crippen LogP contribution in [-0.2, 0) is 5.66 Å². The second-order valence-electron chi connectivity index (χ2n) is 5.01. The van der Waals surface area contributed by atoms with Crippen molar-refractivity contribution in [1.82, 2.24) is 10.2 Å². The van der Waals surface area contributed by atoms with Crippen LogP contribution in [0, 0.1) is 0 Å². The first-order chi connectivity index (χ1) is 7.64. The number of nitrogens with zero attached hydrogens (tertiary/aromatic N) is 1. The lowest BCUT2D eigenvalue weighted by Crippen LogP contribution is -2.60. The fourth-order valence-electron chi connectivity index (χ4n) is 2.71. The van der Waals surface area contributed by atoms with Crippen molar-refractivity contribution in [2.45, 2.75) is 38.9 Å². The summed E-state index contributed by atoms with van der Waals surface area (Å²) in [6.45, 7) is 9.12. The van der Waals surface area contributed by atoms with Gasteiger partial charge >= 0.3 is 0 Å². The van der Waals surface area contributed by atoms with Crippen molar-refractivity contribution < 1.29 is 0 Å². The Morgan fingerprint density at radius 3 is 2.56 bits per heavy atom. The van der Waals surface area contributed by atoms with Gasteiger partial charge in [-0.3, -0.25) is 10.2 Å². The Bertz CT molecular complexity index is 334. The molecule has 1 saturated heterocycles. The molecular weight excluding hydrogens is 196 g/mol. The molecule has 0 radical (unpaired) electrons. The number of rotatable bonds is 2. The maximum absolute atomic E-state index is 3.67. The topological polar surface area (TPSA) is 15.3 Å². The SMILES string of the molecule is CC(C)N1CCCNC1(C)c1ccccc1. The maximum atomic E-state index is 3.67. The Kier molecular flexibility index (Phi) is 3.31. The molecule has 1 aliphatic rings. The molecule has 16 heavy (non-hydrogen) atoms. The van der Waals surface area contributed by atoms with Gasteiger partial charge in [-0.1, -0.05) is 30.3 Å². The van der Waals surface area contributed by atoms with E-state index in [9.17, 15) is 0 Å². The highest BCUT2D eigenvalue weighted by molar-refractivity contribution is 5.23. The third kappa shape index (κ3) is 2.00. The Balaban J connectivity index is 2.33. The lowest BCUT2D eigenvalue weighted by atomic mass is 9.95. The zero-order valence-corrected chi connectivity index (χ0v) is 10.5. The normalized spacial score (nSPS) is 27.2. The smallest absolute Gasteiger partial charge is 0.0948 e. The molecule has 2 rings (SSSR count). The standard InChI is InChI=1S/C14H22N2/c1-12(2)16-11-7-10-15-14(16,3)13-8-5-4-6-9-13/h4-6,8-9,12,15H,7,10-11H2,1-3H3. The lowest BCUT2D eigenvalue weighted by Gasteiger charge is -2.48. The molecule has 1 aromatic rings. The highest BCUT2D eigenvalue weighted by atomic mass is 15.3. The van der Waals surface area contributed by atoms with E-state index in [1.165, 1.54) is 18.5 Å². The predicted molar refractivity (Wildman–Crippen MR) is 68.3 cm³/mol. The summed E-state index contributed by atoms with van der Waals surface area (Å²) in [5.41, 5.74) is 1.36. The van der Waals surface area contributed by atoms with E-state index < -0.39 is 0 Å². The average Bonchev–Trinajstić information content (AvgIpc) is 2.30. The lowest BCUT2D eigenvalue weighted by molar-refractivity contribution is 0.0112. The van der Waals surface area contributed by atoms with Crippen molar-refractivity contribution in [3.63, 3.8) is 0 Å². The van der Waals surface area contributed by atoms with Crippen LogP contribution in [0.5, 0.6) is 0 Å². The fraction of sp³-hybridized carbons (Fsp3) is 0.571. The third-order valence-electron chi connectivity index (χ3n) is 3.58. The van der Waals surface area contributed by atoms with E-state index in [2.05, 4.69) is 61.3 Å². The quantitative estimate of drug-likeness (QED) is 0.820. The van der Waals surface area contributed by atoms with Gasteiger partial charge in [-0.25, -0.2) is 0 Å². The summed E-state index contributed by atoms with van der Waals surface area (Å²) in [5.74, 6) is 0. The highest BCUT2D eigenvalue weighted by Gasteiger charge is 2.36. The third-order valence-corrected chi connectivity index (χ3v) is 3.58. The van der Waals surface area contributed by atoms with Crippen LogP contribution in [0.2, 0.25) is 0 Å². The molecule has 2 heteroatoms. The van der Waals surface area contributed by atoms with Crippen LogP contribution in [0.15, 0.2) is 30.3 Å². The van der Waals surface area contributed by atoms with E-state index in [-0.39, 0.29) is 5.66 Å². The van der Waals surface area contributed by atoms with Crippen LogP contribution in [0.3, 0.4) is 0 Å². The highest BCUT2D eigenvalue weighted by Crippen LogP contribution is 2.29. The molecule has 0 saturated carbocycles. The van der Waals surface area contributed by atoms with Crippen LogP contribution in [0.1, 0.15) is 32.8 Å². The molecule has 88 valence electrons.